The van der Waals surface area contributed by atoms with Gasteiger partial charge in [0.05, 0.1) is 19.4 Å². The lowest BCUT2D eigenvalue weighted by molar-refractivity contribution is 0.501. The third kappa shape index (κ3) is 3.30. The number of hydrogen-bond acceptors (Lipinski definition) is 5. The lowest BCUT2D eigenvalue weighted by Gasteiger charge is -2.22. The molecule has 3 aromatic rings. The van der Waals surface area contributed by atoms with E-state index < -0.39 is 0 Å². The van der Waals surface area contributed by atoms with Crippen molar-refractivity contribution in [2.75, 3.05) is 4.90 Å². The molecule has 104 valence electrons. The smallest absolute Gasteiger partial charge is 0.142 e. The zero-order valence-corrected chi connectivity index (χ0v) is 12.1. The quantitative estimate of drug-likeness (QED) is 0.718. The molecular formula is C16H13N3OS. The third-order valence-corrected chi connectivity index (χ3v) is 3.89. The van der Waals surface area contributed by atoms with Crippen molar-refractivity contribution in [2.45, 2.75) is 13.1 Å². The van der Waals surface area contributed by atoms with Gasteiger partial charge in [0.15, 0.2) is 0 Å². The molecule has 21 heavy (non-hydrogen) atoms. The van der Waals surface area contributed by atoms with Gasteiger partial charge in [-0.3, -0.25) is 0 Å². The second-order valence-corrected chi connectivity index (χ2v) is 5.54. The minimum absolute atomic E-state index is 0.420. The first-order valence-electron chi connectivity index (χ1n) is 6.52. The molecule has 0 saturated heterocycles. The van der Waals surface area contributed by atoms with Crippen molar-refractivity contribution in [3.63, 3.8) is 0 Å². The van der Waals surface area contributed by atoms with Crippen molar-refractivity contribution in [2.24, 2.45) is 0 Å². The number of aromatic nitrogens is 1. The normalized spacial score (nSPS) is 10.2. The molecule has 3 heterocycles. The van der Waals surface area contributed by atoms with E-state index >= 15 is 0 Å². The molecule has 0 saturated carbocycles. The standard InChI is InChI=1S/C16H13N3OS/c17-10-13-4-1-7-16(18-13)19(11-14-5-2-8-20-14)12-15-6-3-9-21-15/h1-9H,11-12H2. The Morgan fingerprint density at radius 3 is 2.81 bits per heavy atom. The Labute approximate surface area is 126 Å². The number of rotatable bonds is 5. The third-order valence-electron chi connectivity index (χ3n) is 3.03. The Hall–Kier alpha value is -2.58. The summed E-state index contributed by atoms with van der Waals surface area (Å²) in [6.45, 7) is 1.35. The summed E-state index contributed by atoms with van der Waals surface area (Å²) in [4.78, 5) is 7.72. The maximum Gasteiger partial charge on any atom is 0.142 e. The van der Waals surface area contributed by atoms with E-state index in [1.807, 2.05) is 30.3 Å². The molecule has 0 unspecified atom stereocenters. The van der Waals surface area contributed by atoms with Crippen LogP contribution >= 0.6 is 11.3 Å². The van der Waals surface area contributed by atoms with Gasteiger partial charge in [0.1, 0.15) is 23.3 Å². The van der Waals surface area contributed by atoms with E-state index in [1.165, 1.54) is 4.88 Å². The molecule has 0 aromatic carbocycles. The molecule has 0 atom stereocenters. The summed E-state index contributed by atoms with van der Waals surface area (Å²) < 4.78 is 5.43. The molecule has 0 radical (unpaired) electrons. The second kappa shape index (κ2) is 6.25. The first kappa shape index (κ1) is 13.4. The van der Waals surface area contributed by atoms with Crippen LogP contribution in [-0.4, -0.2) is 4.98 Å². The molecule has 0 amide bonds. The van der Waals surface area contributed by atoms with Gasteiger partial charge < -0.3 is 9.32 Å². The van der Waals surface area contributed by atoms with Crippen LogP contribution in [0.1, 0.15) is 16.3 Å². The minimum Gasteiger partial charge on any atom is -0.467 e. The topological polar surface area (TPSA) is 53.1 Å². The Bertz CT molecular complexity index is 693. The first-order chi connectivity index (χ1) is 10.3. The van der Waals surface area contributed by atoms with Crippen LogP contribution in [0, 0.1) is 11.3 Å². The fourth-order valence-electron chi connectivity index (χ4n) is 2.06. The van der Waals surface area contributed by atoms with Gasteiger partial charge in [0.2, 0.25) is 0 Å². The van der Waals surface area contributed by atoms with E-state index in [0.717, 1.165) is 18.1 Å². The number of nitrogens with zero attached hydrogens (tertiary/aromatic N) is 3. The first-order valence-corrected chi connectivity index (χ1v) is 7.40. The number of thiophene rings is 1. The minimum atomic E-state index is 0.420. The van der Waals surface area contributed by atoms with Crippen LogP contribution in [0.25, 0.3) is 0 Å². The van der Waals surface area contributed by atoms with Gasteiger partial charge in [-0.25, -0.2) is 4.98 Å². The number of anilines is 1. The summed E-state index contributed by atoms with van der Waals surface area (Å²) in [7, 11) is 0. The molecule has 0 aliphatic heterocycles. The molecule has 4 nitrogen and oxygen atoms in total. The van der Waals surface area contributed by atoms with Gasteiger partial charge >= 0.3 is 0 Å². The molecular weight excluding hydrogens is 282 g/mol. The van der Waals surface area contributed by atoms with Crippen molar-refractivity contribution in [3.05, 3.63) is 70.4 Å². The zero-order chi connectivity index (χ0) is 14.5. The highest BCUT2D eigenvalue weighted by Gasteiger charge is 2.12. The Morgan fingerprint density at radius 2 is 2.10 bits per heavy atom. The van der Waals surface area contributed by atoms with Gasteiger partial charge in [0, 0.05) is 4.88 Å². The van der Waals surface area contributed by atoms with Crippen molar-refractivity contribution in [1.82, 2.24) is 4.98 Å². The number of hydrogen-bond donors (Lipinski definition) is 0. The largest absolute Gasteiger partial charge is 0.467 e. The fourth-order valence-corrected chi connectivity index (χ4v) is 2.78. The molecule has 0 aliphatic rings. The van der Waals surface area contributed by atoms with Crippen LogP contribution in [-0.2, 0) is 13.1 Å². The molecule has 0 aliphatic carbocycles. The summed E-state index contributed by atoms with van der Waals surface area (Å²) in [6, 6.07) is 15.5. The predicted octanol–water partition coefficient (Wildman–Crippen LogP) is 3.81. The van der Waals surface area contributed by atoms with Crippen molar-refractivity contribution < 1.29 is 4.42 Å². The van der Waals surface area contributed by atoms with E-state index in [9.17, 15) is 0 Å². The molecule has 0 bridgehead atoms. The summed E-state index contributed by atoms with van der Waals surface area (Å²) in [5.74, 6) is 1.65. The Kier molecular flexibility index (Phi) is 3.99. The van der Waals surface area contributed by atoms with Gasteiger partial charge in [-0.05, 0) is 35.7 Å². The van der Waals surface area contributed by atoms with E-state index in [2.05, 4.69) is 27.4 Å². The molecule has 0 N–H and O–H groups in total. The number of nitriles is 1. The molecule has 3 aromatic heterocycles. The average Bonchev–Trinajstić information content (AvgIpc) is 3.20. The lowest BCUT2D eigenvalue weighted by Crippen LogP contribution is -2.22. The van der Waals surface area contributed by atoms with E-state index in [4.69, 9.17) is 9.68 Å². The van der Waals surface area contributed by atoms with Crippen LogP contribution in [0.15, 0.2) is 58.5 Å². The Balaban J connectivity index is 1.88. The molecule has 0 fully saturated rings. The average molecular weight is 295 g/mol. The number of pyridine rings is 1. The fraction of sp³-hybridized carbons (Fsp3) is 0.125. The van der Waals surface area contributed by atoms with Crippen molar-refractivity contribution in [1.29, 1.82) is 5.26 Å². The van der Waals surface area contributed by atoms with Crippen LogP contribution in [0.3, 0.4) is 0 Å². The van der Waals surface area contributed by atoms with Crippen molar-refractivity contribution >= 4 is 17.2 Å². The van der Waals surface area contributed by atoms with Gasteiger partial charge in [-0.15, -0.1) is 11.3 Å². The van der Waals surface area contributed by atoms with Crippen LogP contribution in [0.5, 0.6) is 0 Å². The maximum absolute atomic E-state index is 9.01. The highest BCUT2D eigenvalue weighted by Crippen LogP contribution is 2.20. The van der Waals surface area contributed by atoms with E-state index in [0.29, 0.717) is 12.2 Å². The van der Waals surface area contributed by atoms with Crippen LogP contribution < -0.4 is 4.90 Å². The summed E-state index contributed by atoms with van der Waals surface area (Å²) in [5, 5.41) is 11.1. The summed E-state index contributed by atoms with van der Waals surface area (Å²) in [6.07, 6.45) is 1.66. The highest BCUT2D eigenvalue weighted by atomic mass is 32.1. The van der Waals surface area contributed by atoms with E-state index in [-0.39, 0.29) is 0 Å². The van der Waals surface area contributed by atoms with Crippen LogP contribution in [0.2, 0.25) is 0 Å². The van der Waals surface area contributed by atoms with Gasteiger partial charge in [-0.2, -0.15) is 5.26 Å². The Morgan fingerprint density at radius 1 is 1.14 bits per heavy atom. The predicted molar refractivity (Wildman–Crippen MR) is 81.9 cm³/mol. The zero-order valence-electron chi connectivity index (χ0n) is 11.3. The number of furan rings is 1. The van der Waals surface area contributed by atoms with Crippen LogP contribution in [0.4, 0.5) is 5.82 Å². The molecule has 0 spiro atoms. The highest BCUT2D eigenvalue weighted by molar-refractivity contribution is 7.09. The molecule has 3 rings (SSSR count). The van der Waals surface area contributed by atoms with Gasteiger partial charge in [0.25, 0.3) is 0 Å². The second-order valence-electron chi connectivity index (χ2n) is 4.51. The summed E-state index contributed by atoms with van der Waals surface area (Å²) in [5.41, 5.74) is 0.420. The van der Waals surface area contributed by atoms with Crippen molar-refractivity contribution in [3.8, 4) is 6.07 Å². The maximum atomic E-state index is 9.01. The van der Waals surface area contributed by atoms with Gasteiger partial charge in [-0.1, -0.05) is 12.1 Å². The SMILES string of the molecule is N#Cc1cccc(N(Cc2ccco2)Cc2cccs2)n1. The monoisotopic (exact) mass is 295 g/mol. The summed E-state index contributed by atoms with van der Waals surface area (Å²) >= 11 is 1.70. The molecule has 5 heteroatoms. The van der Waals surface area contributed by atoms with E-state index in [1.54, 1.807) is 23.7 Å². The lowest BCUT2D eigenvalue weighted by atomic mass is 10.3.